The molecule has 4 aromatic heterocycles. The Hall–Kier alpha value is -3.09. The SMILES string of the molecule is CCCC1CC(Nc2nc(OC)c3c(-c4ccn5nccc5c4)ccn3n2)C1. The highest BCUT2D eigenvalue weighted by molar-refractivity contribution is 5.85. The van der Waals surface area contributed by atoms with Crippen molar-refractivity contribution in [3.05, 3.63) is 42.9 Å². The lowest BCUT2D eigenvalue weighted by Crippen LogP contribution is -2.36. The van der Waals surface area contributed by atoms with E-state index in [9.17, 15) is 0 Å². The first-order valence-electron chi connectivity index (χ1n) is 9.89. The Labute approximate surface area is 163 Å². The molecule has 0 bridgehead atoms. The average molecular weight is 376 g/mol. The number of fused-ring (bicyclic) bond motifs is 2. The summed E-state index contributed by atoms with van der Waals surface area (Å²) in [6.45, 7) is 2.25. The molecule has 1 N–H and O–H groups in total. The molecule has 0 unspecified atom stereocenters. The maximum atomic E-state index is 5.62. The van der Waals surface area contributed by atoms with Gasteiger partial charge in [-0.15, -0.1) is 5.10 Å². The normalized spacial score (nSPS) is 19.1. The highest BCUT2D eigenvalue weighted by atomic mass is 16.5. The van der Waals surface area contributed by atoms with E-state index in [0.717, 1.165) is 28.1 Å². The molecule has 28 heavy (non-hydrogen) atoms. The molecule has 1 saturated carbocycles. The lowest BCUT2D eigenvalue weighted by Gasteiger charge is -2.35. The summed E-state index contributed by atoms with van der Waals surface area (Å²) in [5.41, 5.74) is 4.04. The van der Waals surface area contributed by atoms with E-state index in [0.29, 0.717) is 17.9 Å². The highest BCUT2D eigenvalue weighted by Gasteiger charge is 2.29. The van der Waals surface area contributed by atoms with Gasteiger partial charge in [0.15, 0.2) is 0 Å². The van der Waals surface area contributed by atoms with Crippen LogP contribution in [0.4, 0.5) is 5.95 Å². The fourth-order valence-corrected chi connectivity index (χ4v) is 4.20. The summed E-state index contributed by atoms with van der Waals surface area (Å²) in [5, 5.41) is 12.4. The topological polar surface area (TPSA) is 68.8 Å². The number of ether oxygens (including phenoxy) is 1. The number of pyridine rings is 1. The molecule has 4 aromatic rings. The smallest absolute Gasteiger partial charge is 0.244 e. The maximum absolute atomic E-state index is 5.62. The molecule has 4 heterocycles. The number of nitrogens with zero attached hydrogens (tertiary/aromatic N) is 5. The minimum atomic E-state index is 0.456. The Kier molecular flexibility index (Phi) is 4.15. The van der Waals surface area contributed by atoms with Crippen LogP contribution < -0.4 is 10.1 Å². The number of anilines is 1. The second-order valence-electron chi connectivity index (χ2n) is 7.55. The number of nitrogens with one attached hydrogen (secondary N) is 1. The van der Waals surface area contributed by atoms with Crippen LogP contribution in [0.3, 0.4) is 0 Å². The van der Waals surface area contributed by atoms with Crippen LogP contribution in [0.5, 0.6) is 5.88 Å². The van der Waals surface area contributed by atoms with E-state index in [2.05, 4.69) is 39.6 Å². The summed E-state index contributed by atoms with van der Waals surface area (Å²) in [7, 11) is 1.66. The van der Waals surface area contributed by atoms with Gasteiger partial charge in [0.2, 0.25) is 11.8 Å². The van der Waals surface area contributed by atoms with E-state index < -0.39 is 0 Å². The molecule has 7 nitrogen and oxygen atoms in total. The van der Waals surface area contributed by atoms with Gasteiger partial charge in [-0.25, -0.2) is 9.03 Å². The van der Waals surface area contributed by atoms with Gasteiger partial charge >= 0.3 is 0 Å². The lowest BCUT2D eigenvalue weighted by molar-refractivity contribution is 0.263. The molecule has 0 atom stereocenters. The molecule has 0 amide bonds. The van der Waals surface area contributed by atoms with E-state index in [1.54, 1.807) is 13.3 Å². The summed E-state index contributed by atoms with van der Waals surface area (Å²) in [4.78, 5) is 4.64. The Morgan fingerprint density at radius 2 is 2.04 bits per heavy atom. The van der Waals surface area contributed by atoms with Crippen LogP contribution in [0.1, 0.15) is 32.6 Å². The van der Waals surface area contributed by atoms with Crippen molar-refractivity contribution in [2.24, 2.45) is 5.92 Å². The van der Waals surface area contributed by atoms with Crippen molar-refractivity contribution >= 4 is 17.0 Å². The second-order valence-corrected chi connectivity index (χ2v) is 7.55. The molecule has 0 aliphatic heterocycles. The second kappa shape index (κ2) is 6.82. The number of hydrogen-bond acceptors (Lipinski definition) is 5. The molecule has 7 heteroatoms. The van der Waals surface area contributed by atoms with Gasteiger partial charge in [-0.2, -0.15) is 10.1 Å². The predicted octanol–water partition coefficient (Wildman–Crippen LogP) is 4.04. The van der Waals surface area contributed by atoms with Crippen molar-refractivity contribution in [2.45, 2.75) is 38.6 Å². The molecule has 0 spiro atoms. The summed E-state index contributed by atoms with van der Waals surface area (Å²) < 4.78 is 9.33. The molecule has 0 radical (unpaired) electrons. The largest absolute Gasteiger partial charge is 0.479 e. The van der Waals surface area contributed by atoms with Gasteiger partial charge in [-0.1, -0.05) is 19.8 Å². The minimum Gasteiger partial charge on any atom is -0.479 e. The Morgan fingerprint density at radius 3 is 2.86 bits per heavy atom. The predicted molar refractivity (Wildman–Crippen MR) is 109 cm³/mol. The van der Waals surface area contributed by atoms with Crippen molar-refractivity contribution in [3.63, 3.8) is 0 Å². The Morgan fingerprint density at radius 1 is 1.18 bits per heavy atom. The van der Waals surface area contributed by atoms with Gasteiger partial charge in [-0.3, -0.25) is 0 Å². The van der Waals surface area contributed by atoms with Crippen molar-refractivity contribution in [3.8, 4) is 17.0 Å². The fraction of sp³-hybridized carbons (Fsp3) is 0.381. The third-order valence-electron chi connectivity index (χ3n) is 5.65. The van der Waals surface area contributed by atoms with Crippen LogP contribution in [-0.2, 0) is 0 Å². The molecule has 144 valence electrons. The molecule has 1 aliphatic carbocycles. The van der Waals surface area contributed by atoms with E-state index in [1.165, 1.54) is 25.7 Å². The van der Waals surface area contributed by atoms with Crippen LogP contribution >= 0.6 is 0 Å². The van der Waals surface area contributed by atoms with Gasteiger partial charge < -0.3 is 10.1 Å². The van der Waals surface area contributed by atoms with Crippen LogP contribution in [0.15, 0.2) is 42.9 Å². The van der Waals surface area contributed by atoms with Gasteiger partial charge in [0, 0.05) is 30.2 Å². The van der Waals surface area contributed by atoms with Crippen LogP contribution in [-0.4, -0.2) is 37.4 Å². The summed E-state index contributed by atoms with van der Waals surface area (Å²) in [6, 6.07) is 8.65. The van der Waals surface area contributed by atoms with E-state index in [4.69, 9.17) is 4.74 Å². The van der Waals surface area contributed by atoms with Crippen LogP contribution in [0.25, 0.3) is 22.2 Å². The van der Waals surface area contributed by atoms with E-state index in [1.807, 2.05) is 33.6 Å². The minimum absolute atomic E-state index is 0.456. The summed E-state index contributed by atoms with van der Waals surface area (Å²) in [6.07, 6.45) is 10.7. The monoisotopic (exact) mass is 376 g/mol. The van der Waals surface area contributed by atoms with Crippen molar-refractivity contribution in [1.29, 1.82) is 0 Å². The molecular weight excluding hydrogens is 352 g/mol. The number of rotatable bonds is 6. The zero-order chi connectivity index (χ0) is 19.1. The van der Waals surface area contributed by atoms with E-state index in [-0.39, 0.29) is 0 Å². The third kappa shape index (κ3) is 2.87. The van der Waals surface area contributed by atoms with Gasteiger partial charge in [0.25, 0.3) is 0 Å². The zero-order valence-corrected chi connectivity index (χ0v) is 16.2. The Bertz CT molecular complexity index is 1120. The highest BCUT2D eigenvalue weighted by Crippen LogP contribution is 2.35. The molecule has 5 rings (SSSR count). The van der Waals surface area contributed by atoms with Crippen molar-refractivity contribution in [1.82, 2.24) is 24.2 Å². The van der Waals surface area contributed by atoms with Crippen molar-refractivity contribution < 1.29 is 4.74 Å². The number of aromatic nitrogens is 5. The lowest BCUT2D eigenvalue weighted by atomic mass is 9.78. The first-order valence-corrected chi connectivity index (χ1v) is 9.89. The van der Waals surface area contributed by atoms with Gasteiger partial charge in [0.05, 0.1) is 12.6 Å². The Balaban J connectivity index is 1.47. The van der Waals surface area contributed by atoms with Gasteiger partial charge in [0.1, 0.15) is 5.52 Å². The van der Waals surface area contributed by atoms with E-state index >= 15 is 0 Å². The number of methoxy groups -OCH3 is 1. The van der Waals surface area contributed by atoms with Crippen LogP contribution in [0, 0.1) is 5.92 Å². The molecular formula is C21H24N6O. The van der Waals surface area contributed by atoms with Crippen LogP contribution in [0.2, 0.25) is 0 Å². The molecule has 1 fully saturated rings. The maximum Gasteiger partial charge on any atom is 0.244 e. The molecule has 0 aromatic carbocycles. The summed E-state index contributed by atoms with van der Waals surface area (Å²) >= 11 is 0. The fourth-order valence-electron chi connectivity index (χ4n) is 4.20. The zero-order valence-electron chi connectivity index (χ0n) is 16.2. The summed E-state index contributed by atoms with van der Waals surface area (Å²) in [5.74, 6) is 2.04. The third-order valence-corrected chi connectivity index (χ3v) is 5.65. The average Bonchev–Trinajstić information content (AvgIpc) is 3.31. The quantitative estimate of drug-likeness (QED) is 0.550. The number of hydrogen-bond donors (Lipinski definition) is 1. The first kappa shape index (κ1) is 17.0. The molecule has 1 aliphatic rings. The standard InChI is InChI=1S/C21H24N6O/c1-3-4-14-11-16(12-14)23-21-24-20(28-2)19-18(7-10-27(19)25-21)15-6-9-26-17(13-15)5-8-22-26/h5-10,13-14,16H,3-4,11-12H2,1-2H3,(H,23,25). The first-order chi connectivity index (χ1) is 13.7. The van der Waals surface area contributed by atoms with Crippen molar-refractivity contribution in [2.75, 3.05) is 12.4 Å². The van der Waals surface area contributed by atoms with Gasteiger partial charge in [-0.05, 0) is 48.6 Å². The molecule has 0 saturated heterocycles.